The molecule has 9 heteroatoms. The smallest absolute Gasteiger partial charge is 0.330 e. The summed E-state index contributed by atoms with van der Waals surface area (Å²) in [4.78, 5) is 29.6. The molecule has 0 spiro atoms. The van der Waals surface area contributed by atoms with E-state index in [0.717, 1.165) is 16.8 Å². The van der Waals surface area contributed by atoms with Crippen LogP contribution >= 0.6 is 0 Å². The molecule has 9 atom stereocenters. The number of carbonyl (C=O) groups excluding carboxylic acids is 2. The Morgan fingerprint density at radius 3 is 2.68 bits per heavy atom. The zero-order valence-electron chi connectivity index (χ0n) is 26.9. The molecule has 1 aromatic rings. The van der Waals surface area contributed by atoms with Crippen molar-refractivity contribution in [2.24, 2.45) is 17.8 Å². The number of hydrogen-bond donors (Lipinski definition) is 1. The van der Waals surface area contributed by atoms with E-state index >= 15 is 0 Å². The van der Waals surface area contributed by atoms with Gasteiger partial charge in [0.25, 0.3) is 0 Å². The Balaban J connectivity index is 1.51. The van der Waals surface area contributed by atoms with E-state index in [4.69, 9.17) is 23.4 Å². The molecule has 0 amide bonds. The molecular weight excluding hydrogens is 562 g/mol. The van der Waals surface area contributed by atoms with Crippen LogP contribution < -0.4 is 0 Å². The van der Waals surface area contributed by atoms with Gasteiger partial charge in [0.05, 0.1) is 12.2 Å². The molecule has 2 bridgehead atoms. The van der Waals surface area contributed by atoms with Crippen molar-refractivity contribution in [3.05, 3.63) is 71.5 Å². The fourth-order valence-corrected chi connectivity index (χ4v) is 6.11. The quantitative estimate of drug-likeness (QED) is 0.176. The lowest BCUT2D eigenvalue weighted by atomic mass is 9.85. The summed E-state index contributed by atoms with van der Waals surface area (Å²) in [5.41, 5.74) is 1.88. The largest absolute Gasteiger partial charge is 0.462 e. The van der Waals surface area contributed by atoms with Gasteiger partial charge in [-0.25, -0.2) is 9.78 Å². The molecule has 0 aromatic carbocycles. The van der Waals surface area contributed by atoms with Crippen LogP contribution in [0.3, 0.4) is 0 Å². The summed E-state index contributed by atoms with van der Waals surface area (Å²) in [6, 6.07) is 0. The van der Waals surface area contributed by atoms with Crippen LogP contribution in [0, 0.1) is 24.7 Å². The summed E-state index contributed by atoms with van der Waals surface area (Å²) in [6.07, 6.45) is 15.9. The number of carbonyl (C=O) groups is 2. The number of aliphatic hydroxyl groups is 1. The highest BCUT2D eigenvalue weighted by Crippen LogP contribution is 2.43. The van der Waals surface area contributed by atoms with Crippen LogP contribution in [0.5, 0.6) is 0 Å². The number of epoxide rings is 1. The molecule has 2 saturated heterocycles. The minimum atomic E-state index is -0.892. The number of cyclic esters (lactones) is 1. The van der Waals surface area contributed by atoms with E-state index in [9.17, 15) is 14.7 Å². The number of esters is 2. The van der Waals surface area contributed by atoms with Gasteiger partial charge >= 0.3 is 11.9 Å². The number of ether oxygens (including phenoxy) is 4. The molecule has 2 fully saturated rings. The predicted octanol–water partition coefficient (Wildman–Crippen LogP) is 5.83. The second-order valence-corrected chi connectivity index (χ2v) is 12.6. The molecule has 0 aliphatic carbocycles. The first-order chi connectivity index (χ1) is 20.9. The molecule has 9 nitrogen and oxygen atoms in total. The average molecular weight is 610 g/mol. The number of allylic oxidation sites excluding steroid dienone is 5. The van der Waals surface area contributed by atoms with Gasteiger partial charge in [0.2, 0.25) is 0 Å². The van der Waals surface area contributed by atoms with Crippen LogP contribution in [-0.4, -0.2) is 65.3 Å². The van der Waals surface area contributed by atoms with E-state index in [1.165, 1.54) is 6.08 Å². The van der Waals surface area contributed by atoms with Gasteiger partial charge in [0, 0.05) is 44.8 Å². The van der Waals surface area contributed by atoms with Crippen molar-refractivity contribution in [3.63, 3.8) is 0 Å². The number of methoxy groups -OCH3 is 1. The van der Waals surface area contributed by atoms with E-state index in [1.54, 1.807) is 26.4 Å². The predicted molar refractivity (Wildman–Crippen MR) is 166 cm³/mol. The maximum Gasteiger partial charge on any atom is 0.330 e. The Morgan fingerprint density at radius 2 is 1.98 bits per heavy atom. The van der Waals surface area contributed by atoms with Gasteiger partial charge in [-0.3, -0.25) is 4.79 Å². The number of rotatable bonds is 7. The molecule has 3 aliphatic heterocycles. The van der Waals surface area contributed by atoms with Gasteiger partial charge in [-0.2, -0.15) is 0 Å². The summed E-state index contributed by atoms with van der Waals surface area (Å²) in [7, 11) is 1.63. The Kier molecular flexibility index (Phi) is 11.2. The normalized spacial score (nSPS) is 34.9. The third-order valence-electron chi connectivity index (χ3n) is 8.97. The lowest BCUT2D eigenvalue weighted by molar-refractivity contribution is -0.158. The second kappa shape index (κ2) is 14.7. The van der Waals surface area contributed by atoms with E-state index in [0.29, 0.717) is 25.2 Å². The van der Waals surface area contributed by atoms with Crippen molar-refractivity contribution in [1.82, 2.24) is 4.98 Å². The van der Waals surface area contributed by atoms with Crippen LogP contribution in [0.4, 0.5) is 0 Å². The number of aryl methyl sites for hydroxylation is 1. The van der Waals surface area contributed by atoms with Crippen LogP contribution in [0.25, 0.3) is 6.08 Å². The van der Waals surface area contributed by atoms with Gasteiger partial charge in [-0.1, -0.05) is 50.3 Å². The Morgan fingerprint density at radius 1 is 1.20 bits per heavy atom. The van der Waals surface area contributed by atoms with E-state index in [1.807, 2.05) is 71.1 Å². The average Bonchev–Trinajstić information content (AvgIpc) is 3.47. The van der Waals surface area contributed by atoms with Crippen molar-refractivity contribution in [3.8, 4) is 0 Å². The maximum atomic E-state index is 13.0. The standard InChI is InChI=1S/C35H47NO8/c1-21(16-27-20-41-25(5)36-27)10-8-11-23(3)34(40-7)24(4)29-19-30(37)35(6)31(44-35)15-14-22(2)28-17-26(18-33(39)42-28)12-9-13-32(38)43-29/h8-11,13-16,20,22,24,26,28-31,34,37H,12,17-19H2,1-7H3/b10-8+,13-9-,15-14-,21-16+,23-11+/t22-,24+,26-,28-,29+,30+,31-,34+,35-/m1/s1. The van der Waals surface area contributed by atoms with E-state index in [2.05, 4.69) is 4.98 Å². The van der Waals surface area contributed by atoms with Crippen LogP contribution in [-0.2, 0) is 28.5 Å². The van der Waals surface area contributed by atoms with Crippen molar-refractivity contribution >= 4 is 18.0 Å². The molecule has 1 N–H and O–H groups in total. The molecule has 240 valence electrons. The third kappa shape index (κ3) is 8.67. The Labute approximate surface area is 260 Å². The number of aliphatic hydroxyl groups excluding tert-OH is 1. The molecule has 0 radical (unpaired) electrons. The zero-order chi connectivity index (χ0) is 32.0. The topological polar surface area (TPSA) is 121 Å². The highest BCUT2D eigenvalue weighted by molar-refractivity contribution is 5.82. The molecule has 4 heterocycles. The molecular formula is C35H47NO8. The Bertz CT molecular complexity index is 1320. The fraction of sp³-hybridized carbons (Fsp3) is 0.571. The molecule has 44 heavy (non-hydrogen) atoms. The fourth-order valence-electron chi connectivity index (χ4n) is 6.11. The minimum absolute atomic E-state index is 0.000898. The monoisotopic (exact) mass is 609 g/mol. The summed E-state index contributed by atoms with van der Waals surface area (Å²) in [5.74, 6) is -0.299. The van der Waals surface area contributed by atoms with Crippen molar-refractivity contribution in [1.29, 1.82) is 0 Å². The first-order valence-corrected chi connectivity index (χ1v) is 15.5. The number of hydrogen-bond acceptors (Lipinski definition) is 9. The maximum absolute atomic E-state index is 13.0. The number of oxazole rings is 1. The first-order valence-electron chi connectivity index (χ1n) is 15.5. The summed E-state index contributed by atoms with van der Waals surface area (Å²) >= 11 is 0. The van der Waals surface area contributed by atoms with Crippen molar-refractivity contribution < 1.29 is 38.1 Å². The van der Waals surface area contributed by atoms with Crippen LogP contribution in [0.2, 0.25) is 0 Å². The van der Waals surface area contributed by atoms with Gasteiger partial charge in [-0.15, -0.1) is 0 Å². The molecule has 1 aromatic heterocycles. The molecule has 3 aliphatic rings. The van der Waals surface area contributed by atoms with E-state index in [-0.39, 0.29) is 48.5 Å². The van der Waals surface area contributed by atoms with Crippen LogP contribution in [0.1, 0.15) is 71.9 Å². The molecule has 4 rings (SSSR count). The minimum Gasteiger partial charge on any atom is -0.462 e. The third-order valence-corrected chi connectivity index (χ3v) is 8.97. The molecule has 0 unspecified atom stereocenters. The lowest BCUT2D eigenvalue weighted by Gasteiger charge is -2.32. The van der Waals surface area contributed by atoms with Crippen molar-refractivity contribution in [2.75, 3.05) is 7.11 Å². The van der Waals surface area contributed by atoms with Gasteiger partial charge < -0.3 is 28.5 Å². The molecule has 0 saturated carbocycles. The summed E-state index contributed by atoms with van der Waals surface area (Å²) in [6.45, 7) is 11.6. The summed E-state index contributed by atoms with van der Waals surface area (Å²) < 4.78 is 28.7. The van der Waals surface area contributed by atoms with Gasteiger partial charge in [0.15, 0.2) is 5.89 Å². The number of nitrogens with zero attached hydrogens (tertiary/aromatic N) is 1. The number of fused-ring (bicyclic) bond motifs is 3. The highest BCUT2D eigenvalue weighted by Gasteiger charge is 2.57. The van der Waals surface area contributed by atoms with E-state index < -0.39 is 23.8 Å². The Hall–Kier alpha value is -3.27. The summed E-state index contributed by atoms with van der Waals surface area (Å²) in [5, 5.41) is 11.3. The second-order valence-electron chi connectivity index (χ2n) is 12.6. The van der Waals surface area contributed by atoms with Crippen molar-refractivity contribution in [2.45, 2.75) is 103 Å². The number of aromatic nitrogens is 1. The first kappa shape index (κ1) is 33.6. The zero-order valence-corrected chi connectivity index (χ0v) is 26.9. The SMILES string of the molecule is CO[C@@H](/C(C)=C/C=C/C(C)=C/c1coc(C)n1)[C@@H](C)[C@@H]1C[C@H](O)[C@@]2(C)O[C@@H]2/C=C\[C@@H](C)[C@H]2C[C@@H](C/C=C\C(=O)O1)CC(=O)O2. The van der Waals surface area contributed by atoms with Gasteiger partial charge in [0.1, 0.15) is 35.9 Å². The highest BCUT2D eigenvalue weighted by atomic mass is 16.6. The van der Waals surface area contributed by atoms with Crippen LogP contribution in [0.15, 0.2) is 64.4 Å². The van der Waals surface area contributed by atoms with Gasteiger partial charge in [-0.05, 0) is 56.8 Å². The lowest BCUT2D eigenvalue weighted by Crippen LogP contribution is -2.41.